The van der Waals surface area contributed by atoms with Crippen molar-refractivity contribution >= 4 is 22.1 Å². The number of aliphatic hydroxyl groups excluding tert-OH is 3. The lowest BCUT2D eigenvalue weighted by molar-refractivity contribution is -0.297. The van der Waals surface area contributed by atoms with Gasteiger partial charge in [-0.3, -0.25) is 14.1 Å². The number of hydrogen-bond donors (Lipinski definition) is 4. The molecule has 0 aromatic heterocycles. The van der Waals surface area contributed by atoms with E-state index in [1.54, 1.807) is 0 Å². The van der Waals surface area contributed by atoms with Crippen molar-refractivity contribution in [2.24, 2.45) is 0 Å². The lowest BCUT2D eigenvalue weighted by Crippen LogP contribution is -2.60. The number of rotatable bonds is 38. The van der Waals surface area contributed by atoms with Gasteiger partial charge in [0.25, 0.3) is 10.1 Å². The van der Waals surface area contributed by atoms with E-state index in [1.807, 2.05) is 0 Å². The average Bonchev–Trinajstić information content (AvgIpc) is 3.18. The maximum atomic E-state index is 12.8. The van der Waals surface area contributed by atoms with Gasteiger partial charge >= 0.3 is 11.9 Å². The van der Waals surface area contributed by atoms with Crippen LogP contribution in [0, 0.1) is 0 Å². The molecular formula is C45H82O12S. The summed E-state index contributed by atoms with van der Waals surface area (Å²) in [6, 6.07) is 0. The molecule has 0 aliphatic carbocycles. The third-order valence-electron chi connectivity index (χ3n) is 10.5. The minimum atomic E-state index is -4.60. The van der Waals surface area contributed by atoms with E-state index in [0.29, 0.717) is 12.8 Å². The van der Waals surface area contributed by atoms with Gasteiger partial charge in [-0.15, -0.1) is 0 Å². The van der Waals surface area contributed by atoms with Gasteiger partial charge in [-0.2, -0.15) is 8.42 Å². The van der Waals surface area contributed by atoms with Gasteiger partial charge in [0.15, 0.2) is 12.4 Å². The molecular weight excluding hydrogens is 765 g/mol. The summed E-state index contributed by atoms with van der Waals surface area (Å²) in [4.78, 5) is 25.4. The van der Waals surface area contributed by atoms with Crippen LogP contribution in [-0.2, 0) is 38.7 Å². The second-order valence-corrected chi connectivity index (χ2v) is 17.6. The van der Waals surface area contributed by atoms with Crippen molar-refractivity contribution in [2.75, 3.05) is 19.0 Å². The maximum Gasteiger partial charge on any atom is 0.306 e. The Labute approximate surface area is 351 Å². The van der Waals surface area contributed by atoms with Crippen molar-refractivity contribution in [3.05, 3.63) is 24.3 Å². The Morgan fingerprint density at radius 3 is 1.45 bits per heavy atom. The summed E-state index contributed by atoms with van der Waals surface area (Å²) in [6.45, 7) is 3.73. The van der Waals surface area contributed by atoms with Crippen molar-refractivity contribution in [1.82, 2.24) is 0 Å². The minimum Gasteiger partial charge on any atom is -0.462 e. The summed E-state index contributed by atoms with van der Waals surface area (Å²) in [5.74, 6) is -2.00. The fourth-order valence-corrected chi connectivity index (χ4v) is 7.59. The Morgan fingerprint density at radius 1 is 0.569 bits per heavy atom. The summed E-state index contributed by atoms with van der Waals surface area (Å²) in [5, 5.41) is 30.9. The number of hydrogen-bond acceptors (Lipinski definition) is 11. The number of unbranched alkanes of at least 4 members (excludes halogenated alkanes) is 22. The van der Waals surface area contributed by atoms with Gasteiger partial charge in [-0.1, -0.05) is 141 Å². The van der Waals surface area contributed by atoms with Gasteiger partial charge in [-0.25, -0.2) is 0 Å². The number of allylic oxidation sites excluding steroid dienone is 4. The zero-order chi connectivity index (χ0) is 42.7. The molecule has 0 aromatic rings. The molecule has 1 heterocycles. The molecule has 0 saturated carbocycles. The van der Waals surface area contributed by atoms with E-state index in [-0.39, 0.29) is 19.4 Å². The van der Waals surface area contributed by atoms with Gasteiger partial charge < -0.3 is 34.3 Å². The van der Waals surface area contributed by atoms with Crippen LogP contribution in [0.5, 0.6) is 0 Å². The first-order chi connectivity index (χ1) is 28.0. The molecule has 1 fully saturated rings. The van der Waals surface area contributed by atoms with Crippen molar-refractivity contribution in [1.29, 1.82) is 0 Å². The average molecular weight is 847 g/mol. The highest BCUT2D eigenvalue weighted by Gasteiger charge is 2.46. The Bertz CT molecular complexity index is 1180. The fraction of sp³-hybridized carbons (Fsp3) is 0.867. The SMILES string of the molecule is CCCCCCCC/C=C/CCCCCCCCCC(=O)O[C@H](COC(=O)CCCCC/C=C/CCCCCCCC)CO[C@H]1O[C@H](CS(=O)(=O)O)[C@@H](O)C(O)C1O. The summed E-state index contributed by atoms with van der Waals surface area (Å²) < 4.78 is 54.0. The first-order valence-electron chi connectivity index (χ1n) is 22.9. The van der Waals surface area contributed by atoms with Crippen LogP contribution < -0.4 is 0 Å². The molecule has 0 aromatic carbocycles. The smallest absolute Gasteiger partial charge is 0.306 e. The highest BCUT2D eigenvalue weighted by Crippen LogP contribution is 2.24. The van der Waals surface area contributed by atoms with E-state index in [4.69, 9.17) is 18.9 Å². The lowest BCUT2D eigenvalue weighted by Gasteiger charge is -2.40. The van der Waals surface area contributed by atoms with E-state index in [9.17, 15) is 37.9 Å². The second-order valence-electron chi connectivity index (χ2n) is 16.1. The summed E-state index contributed by atoms with van der Waals surface area (Å²) in [6.07, 6.45) is 29.4. The Balaban J connectivity index is 2.45. The molecule has 1 rings (SSSR count). The van der Waals surface area contributed by atoms with Crippen molar-refractivity contribution < 1.29 is 56.8 Å². The first-order valence-corrected chi connectivity index (χ1v) is 24.5. The molecule has 4 N–H and O–H groups in total. The summed E-state index contributed by atoms with van der Waals surface area (Å²) in [7, 11) is -4.60. The molecule has 13 heteroatoms. The summed E-state index contributed by atoms with van der Waals surface area (Å²) in [5.41, 5.74) is 0. The molecule has 1 aliphatic rings. The monoisotopic (exact) mass is 847 g/mol. The molecule has 12 nitrogen and oxygen atoms in total. The van der Waals surface area contributed by atoms with Crippen molar-refractivity contribution in [2.45, 2.75) is 230 Å². The molecule has 2 unspecified atom stereocenters. The van der Waals surface area contributed by atoms with Crippen LogP contribution in [0.25, 0.3) is 0 Å². The predicted octanol–water partition coefficient (Wildman–Crippen LogP) is 9.23. The molecule has 1 saturated heterocycles. The summed E-state index contributed by atoms with van der Waals surface area (Å²) >= 11 is 0. The molecule has 1 aliphatic heterocycles. The molecule has 6 atom stereocenters. The lowest BCUT2D eigenvalue weighted by atomic mass is 10.00. The van der Waals surface area contributed by atoms with E-state index >= 15 is 0 Å². The van der Waals surface area contributed by atoms with Crippen LogP contribution >= 0.6 is 0 Å². The van der Waals surface area contributed by atoms with Crippen LogP contribution in [0.4, 0.5) is 0 Å². The molecule has 0 spiro atoms. The highest BCUT2D eigenvalue weighted by molar-refractivity contribution is 7.85. The Hall–Kier alpha value is -1.87. The normalized spacial score (nSPS) is 20.6. The molecule has 0 amide bonds. The first kappa shape index (κ1) is 54.1. The largest absolute Gasteiger partial charge is 0.462 e. The van der Waals surface area contributed by atoms with Crippen molar-refractivity contribution in [3.8, 4) is 0 Å². The van der Waals surface area contributed by atoms with Gasteiger partial charge in [0.05, 0.1) is 6.61 Å². The second kappa shape index (κ2) is 35.8. The van der Waals surface area contributed by atoms with Gasteiger partial charge in [0.2, 0.25) is 0 Å². The highest BCUT2D eigenvalue weighted by atomic mass is 32.2. The topological polar surface area (TPSA) is 186 Å². The number of esters is 2. The maximum absolute atomic E-state index is 12.8. The zero-order valence-corrected chi connectivity index (χ0v) is 37.0. The van der Waals surface area contributed by atoms with Crippen LogP contribution in [0.3, 0.4) is 0 Å². The minimum absolute atomic E-state index is 0.158. The number of aliphatic hydroxyl groups is 3. The van der Waals surface area contributed by atoms with Crippen LogP contribution in [0.15, 0.2) is 24.3 Å². The molecule has 0 bridgehead atoms. The standard InChI is InChI=1S/C45H82O12S/c1-3-5-7-9-11-13-15-17-18-19-20-22-24-26-28-30-32-34-41(47)56-38(36-55-45-44(50)43(49)42(48)39(57-45)37-58(51,52)53)35-54-40(46)33-31-29-27-25-23-21-16-14-12-10-8-6-4-2/h17-18,21,23,38-39,42-45,48-50H,3-16,19-20,22,24-37H2,1-2H3,(H,51,52,53)/b18-17+,23-21+/t38-,39-,42-,43?,44?,45+/m1/s1. The molecule has 58 heavy (non-hydrogen) atoms. The number of carbonyl (C=O) groups excluding carboxylic acids is 2. The van der Waals surface area contributed by atoms with E-state index in [2.05, 4.69) is 38.2 Å². The quantitative estimate of drug-likeness (QED) is 0.0200. The van der Waals surface area contributed by atoms with E-state index in [1.165, 1.54) is 96.3 Å². The third-order valence-corrected chi connectivity index (χ3v) is 11.3. The predicted molar refractivity (Wildman–Crippen MR) is 229 cm³/mol. The van der Waals surface area contributed by atoms with Crippen LogP contribution in [0.1, 0.15) is 194 Å². The fourth-order valence-electron chi connectivity index (χ4n) is 6.90. The zero-order valence-electron chi connectivity index (χ0n) is 36.2. The third kappa shape index (κ3) is 30.2. The van der Waals surface area contributed by atoms with E-state index in [0.717, 1.165) is 57.8 Å². The van der Waals surface area contributed by atoms with E-state index < -0.39 is 71.2 Å². The van der Waals surface area contributed by atoms with Gasteiger partial charge in [0.1, 0.15) is 36.8 Å². The number of ether oxygens (including phenoxy) is 4. The van der Waals surface area contributed by atoms with Gasteiger partial charge in [-0.05, 0) is 64.2 Å². The number of carbonyl (C=O) groups is 2. The Kier molecular flexibility index (Phi) is 33.5. The van der Waals surface area contributed by atoms with Crippen LogP contribution in [0.2, 0.25) is 0 Å². The molecule has 340 valence electrons. The van der Waals surface area contributed by atoms with Crippen molar-refractivity contribution in [3.63, 3.8) is 0 Å². The Morgan fingerprint density at radius 2 is 0.983 bits per heavy atom. The van der Waals surface area contributed by atoms with Crippen LogP contribution in [-0.4, -0.2) is 96.0 Å². The van der Waals surface area contributed by atoms with Gasteiger partial charge in [0, 0.05) is 12.8 Å². The molecule has 0 radical (unpaired) electrons.